The number of hydrogen-bond acceptors (Lipinski definition) is 7. The van der Waals surface area contributed by atoms with Gasteiger partial charge in [0.15, 0.2) is 0 Å². The minimum atomic E-state index is -0.463. The lowest BCUT2D eigenvalue weighted by atomic mass is 10.1. The summed E-state index contributed by atoms with van der Waals surface area (Å²) in [5, 5.41) is 5.73. The zero-order valence-corrected chi connectivity index (χ0v) is 13.9. The number of aromatic nitrogens is 3. The van der Waals surface area contributed by atoms with Gasteiger partial charge in [0.25, 0.3) is 0 Å². The monoisotopic (exact) mass is 331 g/mol. The van der Waals surface area contributed by atoms with E-state index in [0.717, 1.165) is 27.0 Å². The second-order valence-electron chi connectivity index (χ2n) is 4.63. The number of carbonyl (C=O) groups is 1. The van der Waals surface area contributed by atoms with E-state index in [0.29, 0.717) is 5.69 Å². The maximum Gasteiger partial charge on any atom is 0.356 e. The molecule has 0 spiro atoms. The first kappa shape index (κ1) is 14.8. The zero-order chi connectivity index (χ0) is 15.7. The molecule has 0 saturated heterocycles. The highest BCUT2D eigenvalue weighted by Crippen LogP contribution is 2.33. The SMILES string of the molecule is COC(=O)c1ccc(-c2nc(C)cs2)c(-c2csc(C)n2)n1. The lowest BCUT2D eigenvalue weighted by molar-refractivity contribution is 0.0594. The molecule has 3 aromatic rings. The first-order valence-corrected chi connectivity index (χ1v) is 8.29. The van der Waals surface area contributed by atoms with Gasteiger partial charge in [0.05, 0.1) is 12.1 Å². The van der Waals surface area contributed by atoms with E-state index in [4.69, 9.17) is 4.74 Å². The Bertz CT molecular complexity index is 839. The van der Waals surface area contributed by atoms with Crippen molar-refractivity contribution in [2.75, 3.05) is 7.11 Å². The van der Waals surface area contributed by atoms with E-state index < -0.39 is 5.97 Å². The molecular formula is C15H13N3O2S2. The van der Waals surface area contributed by atoms with Crippen LogP contribution in [-0.4, -0.2) is 28.0 Å². The molecule has 0 unspecified atom stereocenters. The van der Waals surface area contributed by atoms with Gasteiger partial charge in [-0.25, -0.2) is 19.7 Å². The fourth-order valence-corrected chi connectivity index (χ4v) is 3.42. The van der Waals surface area contributed by atoms with Gasteiger partial charge in [0, 0.05) is 22.0 Å². The van der Waals surface area contributed by atoms with Crippen LogP contribution in [0.4, 0.5) is 0 Å². The molecule has 3 heterocycles. The molecule has 0 amide bonds. The molecule has 0 aliphatic carbocycles. The van der Waals surface area contributed by atoms with Gasteiger partial charge in [-0.2, -0.15) is 0 Å². The van der Waals surface area contributed by atoms with E-state index in [1.165, 1.54) is 7.11 Å². The molecule has 3 rings (SSSR count). The highest BCUT2D eigenvalue weighted by atomic mass is 32.1. The summed E-state index contributed by atoms with van der Waals surface area (Å²) in [5.41, 5.74) is 3.49. The van der Waals surface area contributed by atoms with Crippen molar-refractivity contribution >= 4 is 28.6 Å². The third kappa shape index (κ3) is 2.77. The highest BCUT2D eigenvalue weighted by molar-refractivity contribution is 7.13. The van der Waals surface area contributed by atoms with Crippen molar-refractivity contribution in [1.29, 1.82) is 0 Å². The summed E-state index contributed by atoms with van der Waals surface area (Å²) in [5.74, 6) is -0.463. The van der Waals surface area contributed by atoms with Gasteiger partial charge in [-0.1, -0.05) is 0 Å². The third-order valence-corrected chi connectivity index (χ3v) is 4.77. The van der Waals surface area contributed by atoms with Crippen LogP contribution < -0.4 is 0 Å². The molecule has 0 aliphatic heterocycles. The van der Waals surface area contributed by atoms with Crippen LogP contribution in [0.5, 0.6) is 0 Å². The lowest BCUT2D eigenvalue weighted by Gasteiger charge is -2.06. The van der Waals surface area contributed by atoms with E-state index in [-0.39, 0.29) is 5.69 Å². The number of rotatable bonds is 3. The van der Waals surface area contributed by atoms with Gasteiger partial charge >= 0.3 is 5.97 Å². The summed E-state index contributed by atoms with van der Waals surface area (Å²) < 4.78 is 4.75. The summed E-state index contributed by atoms with van der Waals surface area (Å²) in [7, 11) is 1.34. The molecule has 0 radical (unpaired) electrons. The summed E-state index contributed by atoms with van der Waals surface area (Å²) >= 11 is 3.09. The maximum atomic E-state index is 11.7. The Hall–Kier alpha value is -2.12. The van der Waals surface area contributed by atoms with Crippen LogP contribution in [0.1, 0.15) is 21.2 Å². The van der Waals surface area contributed by atoms with Crippen LogP contribution in [0.25, 0.3) is 22.0 Å². The number of carbonyl (C=O) groups excluding carboxylic acids is 1. The average molecular weight is 331 g/mol. The van der Waals surface area contributed by atoms with Gasteiger partial charge in [0.2, 0.25) is 0 Å². The highest BCUT2D eigenvalue weighted by Gasteiger charge is 2.18. The maximum absolute atomic E-state index is 11.7. The molecule has 0 saturated carbocycles. The predicted octanol–water partition coefficient (Wildman–Crippen LogP) is 3.73. The predicted molar refractivity (Wildman–Crippen MR) is 87.3 cm³/mol. The molecule has 0 atom stereocenters. The fraction of sp³-hybridized carbons (Fsp3) is 0.200. The zero-order valence-electron chi connectivity index (χ0n) is 12.3. The first-order valence-electron chi connectivity index (χ1n) is 6.53. The van der Waals surface area contributed by atoms with E-state index in [9.17, 15) is 4.79 Å². The number of nitrogens with zero attached hydrogens (tertiary/aromatic N) is 3. The Balaban J connectivity index is 2.19. The third-order valence-electron chi connectivity index (χ3n) is 3.00. The van der Waals surface area contributed by atoms with E-state index >= 15 is 0 Å². The quantitative estimate of drug-likeness (QED) is 0.684. The second kappa shape index (κ2) is 5.94. The van der Waals surface area contributed by atoms with Crippen LogP contribution in [0, 0.1) is 13.8 Å². The second-order valence-corrected chi connectivity index (χ2v) is 6.55. The van der Waals surface area contributed by atoms with E-state index in [1.807, 2.05) is 30.7 Å². The normalized spacial score (nSPS) is 10.7. The molecule has 22 heavy (non-hydrogen) atoms. The number of esters is 1. The van der Waals surface area contributed by atoms with Gasteiger partial charge in [-0.05, 0) is 26.0 Å². The summed E-state index contributed by atoms with van der Waals surface area (Å²) in [6.45, 7) is 3.88. The van der Waals surface area contributed by atoms with Crippen molar-refractivity contribution in [2.45, 2.75) is 13.8 Å². The topological polar surface area (TPSA) is 65.0 Å². The van der Waals surface area contributed by atoms with Gasteiger partial charge in [-0.3, -0.25) is 0 Å². The number of methoxy groups -OCH3 is 1. The molecule has 5 nitrogen and oxygen atoms in total. The summed E-state index contributed by atoms with van der Waals surface area (Å²) in [6, 6.07) is 3.50. The Morgan fingerprint density at radius 1 is 1.09 bits per heavy atom. The number of aryl methyl sites for hydroxylation is 2. The lowest BCUT2D eigenvalue weighted by Crippen LogP contribution is -2.05. The Labute approximate surface area is 135 Å². The molecular weight excluding hydrogens is 318 g/mol. The van der Waals surface area contributed by atoms with Crippen molar-refractivity contribution in [3.63, 3.8) is 0 Å². The average Bonchev–Trinajstić information content (AvgIpc) is 3.14. The summed E-state index contributed by atoms with van der Waals surface area (Å²) in [4.78, 5) is 25.2. The smallest absolute Gasteiger partial charge is 0.356 e. The van der Waals surface area contributed by atoms with Crippen molar-refractivity contribution in [3.8, 4) is 22.0 Å². The molecule has 0 bridgehead atoms. The Morgan fingerprint density at radius 3 is 2.50 bits per heavy atom. The van der Waals surface area contributed by atoms with E-state index in [1.54, 1.807) is 28.7 Å². The molecule has 112 valence electrons. The van der Waals surface area contributed by atoms with Gasteiger partial charge in [-0.15, -0.1) is 22.7 Å². The number of hydrogen-bond donors (Lipinski definition) is 0. The first-order chi connectivity index (χ1) is 10.6. The molecule has 7 heteroatoms. The van der Waals surface area contributed by atoms with Crippen LogP contribution in [0.3, 0.4) is 0 Å². The van der Waals surface area contributed by atoms with Crippen LogP contribution in [0.2, 0.25) is 0 Å². The van der Waals surface area contributed by atoms with Crippen molar-refractivity contribution < 1.29 is 9.53 Å². The Kier molecular flexibility index (Phi) is 4.00. The Morgan fingerprint density at radius 2 is 1.91 bits per heavy atom. The van der Waals surface area contributed by atoms with Crippen LogP contribution >= 0.6 is 22.7 Å². The van der Waals surface area contributed by atoms with Gasteiger partial charge < -0.3 is 4.74 Å². The standard InChI is InChI=1S/C15H13N3O2S2/c1-8-6-22-14(16-8)10-4-5-11(15(19)20-3)18-13(10)12-7-21-9(2)17-12/h4-7H,1-3H3. The molecule has 0 aromatic carbocycles. The van der Waals surface area contributed by atoms with Gasteiger partial charge in [0.1, 0.15) is 22.1 Å². The number of pyridine rings is 1. The summed E-state index contributed by atoms with van der Waals surface area (Å²) in [6.07, 6.45) is 0. The van der Waals surface area contributed by atoms with Crippen LogP contribution in [-0.2, 0) is 4.74 Å². The molecule has 0 fully saturated rings. The minimum Gasteiger partial charge on any atom is -0.464 e. The minimum absolute atomic E-state index is 0.264. The largest absolute Gasteiger partial charge is 0.464 e. The molecule has 0 N–H and O–H groups in total. The van der Waals surface area contributed by atoms with Crippen molar-refractivity contribution in [3.05, 3.63) is 39.3 Å². The van der Waals surface area contributed by atoms with Crippen LogP contribution in [0.15, 0.2) is 22.9 Å². The number of thiazole rings is 2. The van der Waals surface area contributed by atoms with Crippen molar-refractivity contribution in [2.24, 2.45) is 0 Å². The fourth-order valence-electron chi connectivity index (χ4n) is 2.00. The molecule has 3 aromatic heterocycles. The van der Waals surface area contributed by atoms with E-state index in [2.05, 4.69) is 15.0 Å². The number of ether oxygens (including phenoxy) is 1. The molecule has 0 aliphatic rings. The van der Waals surface area contributed by atoms with Crippen molar-refractivity contribution in [1.82, 2.24) is 15.0 Å².